The van der Waals surface area contributed by atoms with Gasteiger partial charge in [-0.15, -0.1) is 0 Å². The molecule has 0 saturated carbocycles. The van der Waals surface area contributed by atoms with Crippen LogP contribution in [0.3, 0.4) is 0 Å². The molecule has 0 aliphatic heterocycles. The van der Waals surface area contributed by atoms with Crippen LogP contribution in [0.5, 0.6) is 5.75 Å². The maximum atomic E-state index is 14.8. The highest BCUT2D eigenvalue weighted by atomic mass is 35.5. The lowest BCUT2D eigenvalue weighted by atomic mass is 10.1. The van der Waals surface area contributed by atoms with Gasteiger partial charge in [-0.3, -0.25) is 9.89 Å². The quantitative estimate of drug-likeness (QED) is 0.507. The van der Waals surface area contributed by atoms with Crippen LogP contribution in [0.4, 0.5) is 10.1 Å². The molecule has 1 heterocycles. The maximum Gasteiger partial charge on any atom is 0.245 e. The SMILES string of the molecule is CN(C)CCOc1cc(-c2cn[nH]c2)c(F)cc1NC(=O)C(N)c1ccc(Cl)cc1. The fraction of sp³-hybridized carbons (Fsp3) is 0.238. The Kier molecular flexibility index (Phi) is 7.04. The van der Waals surface area contributed by atoms with Gasteiger partial charge in [0.15, 0.2) is 0 Å². The Labute approximate surface area is 179 Å². The van der Waals surface area contributed by atoms with Gasteiger partial charge in [-0.1, -0.05) is 23.7 Å². The minimum absolute atomic E-state index is 0.202. The fourth-order valence-corrected chi connectivity index (χ4v) is 2.89. The van der Waals surface area contributed by atoms with E-state index < -0.39 is 17.8 Å². The van der Waals surface area contributed by atoms with E-state index in [0.29, 0.717) is 40.6 Å². The number of aromatic nitrogens is 2. The summed E-state index contributed by atoms with van der Waals surface area (Å²) in [6.45, 7) is 1.01. The molecule has 0 aliphatic rings. The van der Waals surface area contributed by atoms with Crippen molar-refractivity contribution in [1.29, 1.82) is 0 Å². The lowest BCUT2D eigenvalue weighted by Crippen LogP contribution is -2.28. The van der Waals surface area contributed by atoms with E-state index in [2.05, 4.69) is 15.5 Å². The molecule has 0 aliphatic carbocycles. The van der Waals surface area contributed by atoms with Crippen LogP contribution in [0.15, 0.2) is 48.8 Å². The molecule has 1 amide bonds. The van der Waals surface area contributed by atoms with E-state index in [0.717, 1.165) is 0 Å². The molecule has 3 aromatic rings. The average Bonchev–Trinajstić information content (AvgIpc) is 3.23. The zero-order valence-corrected chi connectivity index (χ0v) is 17.4. The van der Waals surface area contributed by atoms with E-state index in [4.69, 9.17) is 22.1 Å². The summed E-state index contributed by atoms with van der Waals surface area (Å²) in [5.74, 6) is -0.678. The van der Waals surface area contributed by atoms with Crippen LogP contribution in [0.1, 0.15) is 11.6 Å². The first-order chi connectivity index (χ1) is 14.3. The van der Waals surface area contributed by atoms with Crippen molar-refractivity contribution in [2.24, 2.45) is 5.73 Å². The van der Waals surface area contributed by atoms with Crippen molar-refractivity contribution < 1.29 is 13.9 Å². The number of halogens is 2. The molecule has 0 saturated heterocycles. The number of hydrogen-bond acceptors (Lipinski definition) is 5. The second-order valence-electron chi connectivity index (χ2n) is 6.99. The van der Waals surface area contributed by atoms with Crippen molar-refractivity contribution in [3.05, 3.63) is 65.2 Å². The van der Waals surface area contributed by atoms with E-state index >= 15 is 0 Å². The molecule has 30 heavy (non-hydrogen) atoms. The van der Waals surface area contributed by atoms with Crippen LogP contribution in [0.25, 0.3) is 11.1 Å². The molecular weight excluding hydrogens is 409 g/mol. The largest absolute Gasteiger partial charge is 0.490 e. The number of ether oxygens (including phenoxy) is 1. The number of benzene rings is 2. The van der Waals surface area contributed by atoms with Gasteiger partial charge in [-0.25, -0.2) is 4.39 Å². The summed E-state index contributed by atoms with van der Waals surface area (Å²) >= 11 is 5.88. The van der Waals surface area contributed by atoms with Crippen LogP contribution in [0, 0.1) is 5.82 Å². The van der Waals surface area contributed by atoms with Crippen LogP contribution >= 0.6 is 11.6 Å². The first kappa shape index (κ1) is 21.8. The van der Waals surface area contributed by atoms with Crippen molar-refractivity contribution in [1.82, 2.24) is 15.1 Å². The molecule has 0 fully saturated rings. The van der Waals surface area contributed by atoms with Crippen molar-refractivity contribution in [2.75, 3.05) is 32.6 Å². The summed E-state index contributed by atoms with van der Waals surface area (Å²) in [5, 5.41) is 9.73. The van der Waals surface area contributed by atoms with Gasteiger partial charge in [-0.05, 0) is 37.9 Å². The first-order valence-electron chi connectivity index (χ1n) is 9.27. The number of nitrogens with two attached hydrogens (primary N) is 1. The Balaban J connectivity index is 1.86. The summed E-state index contributed by atoms with van der Waals surface area (Å²) in [5.41, 5.74) is 7.73. The minimum atomic E-state index is -0.950. The predicted molar refractivity (Wildman–Crippen MR) is 115 cm³/mol. The lowest BCUT2D eigenvalue weighted by Gasteiger charge is -2.18. The van der Waals surface area contributed by atoms with Gasteiger partial charge in [-0.2, -0.15) is 5.10 Å². The summed E-state index contributed by atoms with van der Waals surface area (Å²) in [4.78, 5) is 14.6. The normalized spacial score (nSPS) is 12.1. The Hall–Kier alpha value is -2.94. The molecule has 9 heteroatoms. The molecule has 4 N–H and O–H groups in total. The lowest BCUT2D eigenvalue weighted by molar-refractivity contribution is -0.117. The highest BCUT2D eigenvalue weighted by Gasteiger charge is 2.20. The zero-order valence-electron chi connectivity index (χ0n) is 16.7. The molecule has 1 atom stereocenters. The standard InChI is InChI=1S/C21H23ClFN5O2/c1-28(2)7-8-30-19-9-16(14-11-25-26-12-14)17(23)10-18(19)27-21(29)20(24)13-3-5-15(22)6-4-13/h3-6,9-12,20H,7-8,24H2,1-2H3,(H,25,26)(H,27,29). The van der Waals surface area contributed by atoms with Crippen molar-refractivity contribution in [3.8, 4) is 16.9 Å². The third-order valence-corrected chi connectivity index (χ3v) is 4.70. The van der Waals surface area contributed by atoms with Crippen molar-refractivity contribution in [2.45, 2.75) is 6.04 Å². The second-order valence-corrected chi connectivity index (χ2v) is 7.42. The van der Waals surface area contributed by atoms with E-state index in [1.165, 1.54) is 12.3 Å². The molecule has 0 radical (unpaired) electrons. The number of H-pyrrole nitrogens is 1. The van der Waals surface area contributed by atoms with Gasteiger partial charge >= 0.3 is 0 Å². The third kappa shape index (κ3) is 5.35. The van der Waals surface area contributed by atoms with Gasteiger partial charge < -0.3 is 20.7 Å². The van der Waals surface area contributed by atoms with E-state index in [-0.39, 0.29) is 5.69 Å². The Morgan fingerprint density at radius 2 is 2.07 bits per heavy atom. The number of hydrogen-bond donors (Lipinski definition) is 3. The highest BCUT2D eigenvalue weighted by Crippen LogP contribution is 2.34. The topological polar surface area (TPSA) is 96.3 Å². The van der Waals surface area contributed by atoms with Crippen molar-refractivity contribution in [3.63, 3.8) is 0 Å². The molecule has 1 aromatic heterocycles. The second kappa shape index (κ2) is 9.71. The number of rotatable bonds is 8. The van der Waals surface area contributed by atoms with Crippen molar-refractivity contribution >= 4 is 23.2 Å². The number of carbonyl (C=O) groups is 1. The first-order valence-corrected chi connectivity index (χ1v) is 9.65. The Morgan fingerprint density at radius 3 is 2.70 bits per heavy atom. The summed E-state index contributed by atoms with van der Waals surface area (Å²) in [7, 11) is 3.83. The average molecular weight is 432 g/mol. The molecule has 0 bridgehead atoms. The Morgan fingerprint density at radius 1 is 1.33 bits per heavy atom. The molecule has 7 nitrogen and oxygen atoms in total. The number of aromatic amines is 1. The minimum Gasteiger partial charge on any atom is -0.490 e. The zero-order chi connectivity index (χ0) is 21.7. The smallest absolute Gasteiger partial charge is 0.245 e. The van der Waals surface area contributed by atoms with Gasteiger partial charge in [0.2, 0.25) is 5.91 Å². The number of nitrogens with one attached hydrogen (secondary N) is 2. The summed E-state index contributed by atoms with van der Waals surface area (Å²) < 4.78 is 20.6. The number of likely N-dealkylation sites (N-methyl/N-ethyl adjacent to an activating group) is 1. The van der Waals surface area contributed by atoms with Gasteiger partial charge in [0.1, 0.15) is 24.2 Å². The molecule has 1 unspecified atom stereocenters. The number of nitrogens with zero attached hydrogens (tertiary/aromatic N) is 2. The molecular formula is C21H23ClFN5O2. The monoisotopic (exact) mass is 431 g/mol. The Bertz CT molecular complexity index is 993. The molecule has 0 spiro atoms. The maximum absolute atomic E-state index is 14.8. The van der Waals surface area contributed by atoms with Crippen LogP contribution < -0.4 is 15.8 Å². The molecule has 2 aromatic carbocycles. The van der Waals surface area contributed by atoms with Gasteiger partial charge in [0.05, 0.1) is 11.9 Å². The number of amides is 1. The fourth-order valence-electron chi connectivity index (χ4n) is 2.76. The van der Waals surface area contributed by atoms with Crippen LogP contribution in [-0.2, 0) is 4.79 Å². The molecule has 158 valence electrons. The third-order valence-electron chi connectivity index (χ3n) is 4.44. The number of anilines is 1. The van der Waals surface area contributed by atoms with E-state index in [1.54, 1.807) is 36.5 Å². The number of carbonyl (C=O) groups excluding carboxylic acids is 1. The van der Waals surface area contributed by atoms with Crippen LogP contribution in [-0.4, -0.2) is 48.3 Å². The van der Waals surface area contributed by atoms with E-state index in [1.807, 2.05) is 19.0 Å². The van der Waals surface area contributed by atoms with Crippen LogP contribution in [0.2, 0.25) is 5.02 Å². The van der Waals surface area contributed by atoms with E-state index in [9.17, 15) is 9.18 Å². The predicted octanol–water partition coefficient (Wildman–Crippen LogP) is 3.45. The van der Waals surface area contributed by atoms with Gasteiger partial charge in [0.25, 0.3) is 0 Å². The summed E-state index contributed by atoms with van der Waals surface area (Å²) in [6.07, 6.45) is 3.09. The molecule has 3 rings (SSSR count). The highest BCUT2D eigenvalue weighted by molar-refractivity contribution is 6.30. The summed E-state index contributed by atoms with van der Waals surface area (Å²) in [6, 6.07) is 8.46. The van der Waals surface area contributed by atoms with Gasteiger partial charge in [0, 0.05) is 35.0 Å².